The monoisotopic (exact) mass is 279 g/mol. The van der Waals surface area contributed by atoms with Crippen LogP contribution in [0.15, 0.2) is 18.2 Å². The molecular formula is C15H21NO4. The number of carboxylic acids is 1. The molecule has 1 N–H and O–H groups in total. The van der Waals surface area contributed by atoms with Crippen LogP contribution in [0.25, 0.3) is 0 Å². The van der Waals surface area contributed by atoms with Crippen LogP contribution < -0.4 is 4.74 Å². The predicted octanol–water partition coefficient (Wildman–Crippen LogP) is 2.33. The van der Waals surface area contributed by atoms with Gasteiger partial charge in [-0.2, -0.15) is 0 Å². The third-order valence-electron chi connectivity index (χ3n) is 3.26. The Bertz CT molecular complexity index is 499. The first kappa shape index (κ1) is 16.0. The van der Waals surface area contributed by atoms with Crippen molar-refractivity contribution in [2.45, 2.75) is 33.2 Å². The van der Waals surface area contributed by atoms with Crippen molar-refractivity contribution in [3.8, 4) is 5.75 Å². The van der Waals surface area contributed by atoms with Gasteiger partial charge in [-0.1, -0.05) is 6.07 Å². The predicted molar refractivity (Wildman–Crippen MR) is 76.2 cm³/mol. The number of carbonyl (C=O) groups excluding carboxylic acids is 1. The molecule has 20 heavy (non-hydrogen) atoms. The second kappa shape index (κ2) is 6.93. The minimum absolute atomic E-state index is 0.0669. The molecule has 1 amide bonds. The lowest BCUT2D eigenvalue weighted by Gasteiger charge is -2.27. The van der Waals surface area contributed by atoms with Gasteiger partial charge in [-0.3, -0.25) is 9.59 Å². The molecule has 0 aliphatic rings. The van der Waals surface area contributed by atoms with Gasteiger partial charge in [-0.25, -0.2) is 0 Å². The number of hydrogen-bond donors (Lipinski definition) is 1. The van der Waals surface area contributed by atoms with Gasteiger partial charge in [0.2, 0.25) is 0 Å². The van der Waals surface area contributed by atoms with Crippen molar-refractivity contribution < 1.29 is 19.4 Å². The van der Waals surface area contributed by atoms with E-state index in [-0.39, 0.29) is 18.4 Å². The van der Waals surface area contributed by atoms with Crippen molar-refractivity contribution in [2.24, 2.45) is 0 Å². The van der Waals surface area contributed by atoms with E-state index >= 15 is 0 Å². The minimum Gasteiger partial charge on any atom is -0.496 e. The van der Waals surface area contributed by atoms with Gasteiger partial charge in [-0.05, 0) is 38.5 Å². The zero-order valence-corrected chi connectivity index (χ0v) is 12.3. The number of rotatable bonds is 6. The summed E-state index contributed by atoms with van der Waals surface area (Å²) in [4.78, 5) is 24.8. The van der Waals surface area contributed by atoms with E-state index < -0.39 is 5.97 Å². The molecule has 1 aromatic carbocycles. The van der Waals surface area contributed by atoms with Gasteiger partial charge in [0.25, 0.3) is 5.91 Å². The fraction of sp³-hybridized carbons (Fsp3) is 0.467. The standard InChI is InChI=1S/C15H21NO4/c1-5-16(11(3)8-14(17)18)15(19)12-7-6-10(2)13(9-12)20-4/h6-7,9,11H,5,8H2,1-4H3,(H,17,18). The Hall–Kier alpha value is -2.04. The number of amides is 1. The van der Waals surface area contributed by atoms with Crippen molar-refractivity contribution in [1.29, 1.82) is 0 Å². The van der Waals surface area contributed by atoms with Gasteiger partial charge in [-0.15, -0.1) is 0 Å². The Labute approximate surface area is 119 Å². The first-order chi connectivity index (χ1) is 9.40. The number of carboxylic acid groups (broad SMARTS) is 1. The molecule has 1 rings (SSSR count). The van der Waals surface area contributed by atoms with Gasteiger partial charge < -0.3 is 14.7 Å². The largest absolute Gasteiger partial charge is 0.496 e. The van der Waals surface area contributed by atoms with Crippen LogP contribution in [0.3, 0.4) is 0 Å². The molecular weight excluding hydrogens is 258 g/mol. The van der Waals surface area contributed by atoms with Crippen molar-refractivity contribution in [1.82, 2.24) is 4.90 Å². The molecule has 0 fully saturated rings. The van der Waals surface area contributed by atoms with Crippen LogP contribution in [-0.4, -0.2) is 41.6 Å². The van der Waals surface area contributed by atoms with Gasteiger partial charge in [0, 0.05) is 18.2 Å². The van der Waals surface area contributed by atoms with Gasteiger partial charge >= 0.3 is 5.97 Å². The Morgan fingerprint density at radius 1 is 1.40 bits per heavy atom. The normalized spacial score (nSPS) is 11.8. The molecule has 0 aromatic heterocycles. The number of aryl methyl sites for hydroxylation is 1. The second-order valence-electron chi connectivity index (χ2n) is 4.72. The Morgan fingerprint density at radius 3 is 2.55 bits per heavy atom. The molecule has 0 aliphatic heterocycles. The van der Waals surface area contributed by atoms with Crippen molar-refractivity contribution in [3.05, 3.63) is 29.3 Å². The van der Waals surface area contributed by atoms with E-state index in [0.717, 1.165) is 5.56 Å². The zero-order chi connectivity index (χ0) is 15.3. The summed E-state index contributed by atoms with van der Waals surface area (Å²) in [5.41, 5.74) is 1.46. The summed E-state index contributed by atoms with van der Waals surface area (Å²) in [7, 11) is 1.56. The Morgan fingerprint density at radius 2 is 2.05 bits per heavy atom. The molecule has 5 heteroatoms. The average molecular weight is 279 g/mol. The second-order valence-corrected chi connectivity index (χ2v) is 4.72. The average Bonchev–Trinajstić information content (AvgIpc) is 2.39. The van der Waals surface area contributed by atoms with E-state index in [4.69, 9.17) is 9.84 Å². The summed E-state index contributed by atoms with van der Waals surface area (Å²) < 4.78 is 5.21. The van der Waals surface area contributed by atoms with E-state index in [0.29, 0.717) is 17.9 Å². The highest BCUT2D eigenvalue weighted by atomic mass is 16.5. The van der Waals surface area contributed by atoms with Crippen molar-refractivity contribution >= 4 is 11.9 Å². The molecule has 0 heterocycles. The summed E-state index contributed by atoms with van der Waals surface area (Å²) in [6, 6.07) is 4.89. The van der Waals surface area contributed by atoms with Gasteiger partial charge in [0.05, 0.1) is 13.5 Å². The molecule has 1 atom stereocenters. The third-order valence-corrected chi connectivity index (χ3v) is 3.26. The van der Waals surface area contributed by atoms with Crippen molar-refractivity contribution in [3.63, 3.8) is 0 Å². The zero-order valence-electron chi connectivity index (χ0n) is 12.3. The molecule has 5 nitrogen and oxygen atoms in total. The number of ether oxygens (including phenoxy) is 1. The highest BCUT2D eigenvalue weighted by molar-refractivity contribution is 5.95. The van der Waals surface area contributed by atoms with E-state index in [1.165, 1.54) is 0 Å². The third kappa shape index (κ3) is 3.73. The molecule has 0 bridgehead atoms. The number of aliphatic carboxylic acids is 1. The van der Waals surface area contributed by atoms with E-state index in [2.05, 4.69) is 0 Å². The Balaban J connectivity index is 2.99. The lowest BCUT2D eigenvalue weighted by molar-refractivity contribution is -0.138. The van der Waals surface area contributed by atoms with Crippen LogP contribution in [0.2, 0.25) is 0 Å². The summed E-state index contributed by atoms with van der Waals surface area (Å²) in [6.07, 6.45) is -0.0669. The number of carbonyl (C=O) groups is 2. The first-order valence-electron chi connectivity index (χ1n) is 6.58. The molecule has 1 aromatic rings. The smallest absolute Gasteiger partial charge is 0.305 e. The molecule has 0 saturated heterocycles. The quantitative estimate of drug-likeness (QED) is 0.868. The molecule has 1 unspecified atom stereocenters. The maximum absolute atomic E-state index is 12.5. The molecule has 0 aliphatic carbocycles. The molecule has 110 valence electrons. The maximum atomic E-state index is 12.5. The lowest BCUT2D eigenvalue weighted by Crippen LogP contribution is -2.39. The fourth-order valence-electron chi connectivity index (χ4n) is 2.14. The van der Waals surface area contributed by atoms with Crippen molar-refractivity contribution in [2.75, 3.05) is 13.7 Å². The minimum atomic E-state index is -0.912. The highest BCUT2D eigenvalue weighted by Gasteiger charge is 2.22. The Kier molecular flexibility index (Phi) is 5.55. The highest BCUT2D eigenvalue weighted by Crippen LogP contribution is 2.21. The van der Waals surface area contributed by atoms with Crippen LogP contribution in [-0.2, 0) is 4.79 Å². The molecule has 0 saturated carbocycles. The number of benzene rings is 1. The van der Waals surface area contributed by atoms with Gasteiger partial charge in [0.1, 0.15) is 5.75 Å². The summed E-state index contributed by atoms with van der Waals surface area (Å²) in [5.74, 6) is -0.442. The number of methoxy groups -OCH3 is 1. The molecule has 0 radical (unpaired) electrons. The lowest BCUT2D eigenvalue weighted by atomic mass is 10.1. The van der Waals surface area contributed by atoms with E-state index in [1.807, 2.05) is 19.9 Å². The summed E-state index contributed by atoms with van der Waals surface area (Å²) in [5, 5.41) is 8.84. The van der Waals surface area contributed by atoms with E-state index in [1.54, 1.807) is 31.1 Å². The molecule has 0 spiro atoms. The first-order valence-corrected chi connectivity index (χ1v) is 6.58. The van der Waals surface area contributed by atoms with Crippen LogP contribution in [0, 0.1) is 6.92 Å². The number of hydrogen-bond acceptors (Lipinski definition) is 3. The number of nitrogens with zero attached hydrogens (tertiary/aromatic N) is 1. The SMILES string of the molecule is CCN(C(=O)c1ccc(C)c(OC)c1)C(C)CC(=O)O. The fourth-order valence-corrected chi connectivity index (χ4v) is 2.14. The van der Waals surface area contributed by atoms with Gasteiger partial charge in [0.15, 0.2) is 0 Å². The van der Waals surface area contributed by atoms with Crippen LogP contribution in [0.1, 0.15) is 36.2 Å². The van der Waals surface area contributed by atoms with Crippen LogP contribution in [0.5, 0.6) is 5.75 Å². The summed E-state index contributed by atoms with van der Waals surface area (Å²) in [6.45, 7) is 5.93. The maximum Gasteiger partial charge on any atom is 0.305 e. The van der Waals surface area contributed by atoms with E-state index in [9.17, 15) is 9.59 Å². The topological polar surface area (TPSA) is 66.8 Å². The van der Waals surface area contributed by atoms with Crippen LogP contribution in [0.4, 0.5) is 0 Å². The summed E-state index contributed by atoms with van der Waals surface area (Å²) >= 11 is 0. The van der Waals surface area contributed by atoms with Crippen LogP contribution >= 0.6 is 0 Å².